The van der Waals surface area contributed by atoms with Crippen LogP contribution in [0.3, 0.4) is 0 Å². The van der Waals surface area contributed by atoms with Gasteiger partial charge in [-0.15, -0.1) is 11.6 Å². The summed E-state index contributed by atoms with van der Waals surface area (Å²) in [6.07, 6.45) is 1.12. The summed E-state index contributed by atoms with van der Waals surface area (Å²) in [7, 11) is 0. The molecule has 2 heterocycles. The van der Waals surface area contributed by atoms with Crippen molar-refractivity contribution in [3.8, 4) is 0 Å². The van der Waals surface area contributed by atoms with Gasteiger partial charge in [0.15, 0.2) is 0 Å². The van der Waals surface area contributed by atoms with E-state index in [0.29, 0.717) is 21.9 Å². The number of rotatable bonds is 2. The lowest BCUT2D eigenvalue weighted by Gasteiger charge is -2.14. The third kappa shape index (κ3) is 2.06. The Morgan fingerprint density at radius 2 is 2.39 bits per heavy atom. The van der Waals surface area contributed by atoms with Crippen LogP contribution in [0.1, 0.15) is 18.3 Å². The normalized spacial score (nSPS) is 19.8. The van der Waals surface area contributed by atoms with Crippen LogP contribution in [-0.4, -0.2) is 21.1 Å². The second-order valence-corrected chi connectivity index (χ2v) is 6.58. The molecule has 1 aliphatic heterocycles. The molecular formula is C12H11BrClFN2S. The SMILES string of the molecule is Fc1cc2nc(CCl)n(C3CCSC3)c2cc1Br. The molecule has 1 aromatic heterocycles. The van der Waals surface area contributed by atoms with E-state index in [1.54, 1.807) is 6.07 Å². The summed E-state index contributed by atoms with van der Waals surface area (Å²) in [6.45, 7) is 0. The van der Waals surface area contributed by atoms with Gasteiger partial charge in [-0.1, -0.05) is 0 Å². The Morgan fingerprint density at radius 3 is 3.06 bits per heavy atom. The standard InChI is InChI=1S/C12H11BrClFN2S/c13-8-3-11-10(4-9(8)15)16-12(5-14)17(11)7-1-2-18-6-7/h3-4,7H,1-2,5-6H2. The van der Waals surface area contributed by atoms with Crippen LogP contribution in [0.15, 0.2) is 16.6 Å². The Kier molecular flexibility index (Phi) is 3.56. The van der Waals surface area contributed by atoms with Gasteiger partial charge in [0.25, 0.3) is 0 Å². The number of hydrogen-bond donors (Lipinski definition) is 0. The second-order valence-electron chi connectivity index (χ2n) is 4.30. The molecule has 1 atom stereocenters. The topological polar surface area (TPSA) is 17.8 Å². The van der Waals surface area contributed by atoms with Crippen LogP contribution < -0.4 is 0 Å². The lowest BCUT2D eigenvalue weighted by Crippen LogP contribution is -2.10. The number of nitrogens with zero attached hydrogens (tertiary/aromatic N) is 2. The molecule has 0 bridgehead atoms. The largest absolute Gasteiger partial charge is 0.323 e. The summed E-state index contributed by atoms with van der Waals surface area (Å²) in [5.74, 6) is 3.14. The fourth-order valence-electron chi connectivity index (χ4n) is 2.37. The summed E-state index contributed by atoms with van der Waals surface area (Å²) >= 11 is 11.1. The molecule has 1 unspecified atom stereocenters. The number of aromatic nitrogens is 2. The second kappa shape index (κ2) is 5.02. The van der Waals surface area contributed by atoms with Gasteiger partial charge in [0.1, 0.15) is 11.6 Å². The van der Waals surface area contributed by atoms with E-state index < -0.39 is 0 Å². The Balaban J connectivity index is 2.23. The summed E-state index contributed by atoms with van der Waals surface area (Å²) in [6, 6.07) is 3.69. The summed E-state index contributed by atoms with van der Waals surface area (Å²) < 4.78 is 16.2. The Hall–Kier alpha value is -0.260. The van der Waals surface area contributed by atoms with Gasteiger partial charge in [0, 0.05) is 17.9 Å². The Morgan fingerprint density at radius 1 is 1.56 bits per heavy atom. The molecule has 0 N–H and O–H groups in total. The number of halogens is 3. The molecule has 1 aromatic carbocycles. The molecule has 1 saturated heterocycles. The minimum Gasteiger partial charge on any atom is -0.323 e. The van der Waals surface area contributed by atoms with Crippen LogP contribution >= 0.6 is 39.3 Å². The van der Waals surface area contributed by atoms with Gasteiger partial charge >= 0.3 is 0 Å². The summed E-state index contributed by atoms with van der Waals surface area (Å²) in [4.78, 5) is 4.44. The highest BCUT2D eigenvalue weighted by atomic mass is 79.9. The van der Waals surface area contributed by atoms with E-state index in [2.05, 4.69) is 25.5 Å². The van der Waals surface area contributed by atoms with Crippen molar-refractivity contribution in [3.63, 3.8) is 0 Å². The van der Waals surface area contributed by atoms with Crippen molar-refractivity contribution in [2.75, 3.05) is 11.5 Å². The number of imidazole rings is 1. The number of thioether (sulfide) groups is 1. The van der Waals surface area contributed by atoms with Gasteiger partial charge in [-0.05, 0) is 34.2 Å². The first-order valence-corrected chi connectivity index (χ1v) is 8.18. The molecule has 2 nitrogen and oxygen atoms in total. The van der Waals surface area contributed by atoms with Gasteiger partial charge in [-0.2, -0.15) is 11.8 Å². The Bertz CT molecular complexity index is 595. The van der Waals surface area contributed by atoms with Gasteiger partial charge in [-0.3, -0.25) is 0 Å². The average molecular weight is 350 g/mol. The molecule has 0 saturated carbocycles. The molecular weight excluding hydrogens is 339 g/mol. The quantitative estimate of drug-likeness (QED) is 0.750. The van der Waals surface area contributed by atoms with E-state index in [4.69, 9.17) is 11.6 Å². The number of hydrogen-bond acceptors (Lipinski definition) is 2. The minimum absolute atomic E-state index is 0.283. The third-order valence-electron chi connectivity index (χ3n) is 3.19. The summed E-state index contributed by atoms with van der Waals surface area (Å²) in [5, 5.41) is 0. The fourth-order valence-corrected chi connectivity index (χ4v) is 4.08. The Labute approximate surface area is 122 Å². The van der Waals surface area contributed by atoms with Crippen LogP contribution in [0, 0.1) is 5.82 Å². The molecule has 0 aliphatic carbocycles. The number of benzene rings is 1. The lowest BCUT2D eigenvalue weighted by atomic mass is 10.2. The maximum absolute atomic E-state index is 13.5. The highest BCUT2D eigenvalue weighted by Gasteiger charge is 2.23. The average Bonchev–Trinajstić information content (AvgIpc) is 2.96. The van der Waals surface area contributed by atoms with E-state index in [1.165, 1.54) is 6.07 Å². The zero-order valence-corrected chi connectivity index (χ0v) is 12.7. The maximum atomic E-state index is 13.5. The van der Waals surface area contributed by atoms with Crippen LogP contribution in [0.5, 0.6) is 0 Å². The first-order valence-electron chi connectivity index (χ1n) is 5.70. The van der Waals surface area contributed by atoms with Gasteiger partial charge in [-0.25, -0.2) is 9.37 Å². The minimum atomic E-state index is -0.283. The third-order valence-corrected chi connectivity index (χ3v) is 5.19. The predicted octanol–water partition coefficient (Wildman–Crippen LogP) is 4.35. The van der Waals surface area contributed by atoms with Crippen molar-refractivity contribution >= 4 is 50.3 Å². The van der Waals surface area contributed by atoms with Gasteiger partial charge in [0.05, 0.1) is 21.4 Å². The number of fused-ring (bicyclic) bond motifs is 1. The first kappa shape index (κ1) is 12.8. The molecule has 6 heteroatoms. The van der Waals surface area contributed by atoms with E-state index in [-0.39, 0.29) is 5.82 Å². The first-order chi connectivity index (χ1) is 8.70. The van der Waals surface area contributed by atoms with E-state index in [0.717, 1.165) is 29.3 Å². The molecule has 1 fully saturated rings. The van der Waals surface area contributed by atoms with Gasteiger partial charge in [0.2, 0.25) is 0 Å². The lowest BCUT2D eigenvalue weighted by molar-refractivity contribution is 0.558. The van der Waals surface area contributed by atoms with Crippen LogP contribution in [0.25, 0.3) is 11.0 Å². The summed E-state index contributed by atoms with van der Waals surface area (Å²) in [5.41, 5.74) is 1.65. The monoisotopic (exact) mass is 348 g/mol. The van der Waals surface area contributed by atoms with E-state index in [1.807, 2.05) is 11.8 Å². The van der Waals surface area contributed by atoms with Crippen LogP contribution in [-0.2, 0) is 5.88 Å². The highest BCUT2D eigenvalue weighted by molar-refractivity contribution is 9.10. The molecule has 2 aromatic rings. The molecule has 96 valence electrons. The maximum Gasteiger partial charge on any atom is 0.139 e. The van der Waals surface area contributed by atoms with Crippen molar-refractivity contribution in [2.24, 2.45) is 0 Å². The molecule has 1 aliphatic rings. The molecule has 0 radical (unpaired) electrons. The predicted molar refractivity (Wildman–Crippen MR) is 77.9 cm³/mol. The molecule has 0 amide bonds. The van der Waals surface area contributed by atoms with Crippen LogP contribution in [0.2, 0.25) is 0 Å². The number of alkyl halides is 1. The zero-order chi connectivity index (χ0) is 12.7. The highest BCUT2D eigenvalue weighted by Crippen LogP contribution is 2.34. The molecule has 3 rings (SSSR count). The molecule has 0 spiro atoms. The van der Waals surface area contributed by atoms with Crippen molar-refractivity contribution in [1.82, 2.24) is 9.55 Å². The van der Waals surface area contributed by atoms with Crippen molar-refractivity contribution in [2.45, 2.75) is 18.3 Å². The van der Waals surface area contributed by atoms with E-state index >= 15 is 0 Å². The smallest absolute Gasteiger partial charge is 0.139 e. The molecule has 18 heavy (non-hydrogen) atoms. The van der Waals surface area contributed by atoms with Crippen molar-refractivity contribution < 1.29 is 4.39 Å². The van der Waals surface area contributed by atoms with Crippen molar-refractivity contribution in [3.05, 3.63) is 28.2 Å². The zero-order valence-electron chi connectivity index (χ0n) is 9.50. The fraction of sp³-hybridized carbons (Fsp3) is 0.417. The van der Waals surface area contributed by atoms with Crippen molar-refractivity contribution in [1.29, 1.82) is 0 Å². The van der Waals surface area contributed by atoms with Gasteiger partial charge < -0.3 is 4.57 Å². The van der Waals surface area contributed by atoms with E-state index in [9.17, 15) is 4.39 Å². The van der Waals surface area contributed by atoms with Crippen LogP contribution in [0.4, 0.5) is 4.39 Å².